The summed E-state index contributed by atoms with van der Waals surface area (Å²) >= 11 is 0. The van der Waals surface area contributed by atoms with Crippen molar-refractivity contribution in [3.05, 3.63) is 53.9 Å². The third-order valence-corrected chi connectivity index (χ3v) is 4.98. The number of fused-ring (bicyclic) bond motifs is 1. The third kappa shape index (κ3) is 4.11. The molecule has 28 heavy (non-hydrogen) atoms. The number of hydrogen-bond acceptors (Lipinski definition) is 4. The molecule has 148 valence electrons. The van der Waals surface area contributed by atoms with Crippen LogP contribution in [0, 0.1) is 5.92 Å². The van der Waals surface area contributed by atoms with E-state index in [0.717, 1.165) is 29.8 Å². The Hall–Kier alpha value is -3.02. The molecule has 0 radical (unpaired) electrons. The summed E-state index contributed by atoms with van der Waals surface area (Å²) in [5.74, 6) is 2.32. The van der Waals surface area contributed by atoms with Crippen LogP contribution in [0.4, 0.5) is 0 Å². The topological polar surface area (TPSA) is 65.4 Å². The minimum atomic E-state index is -0.178. The Morgan fingerprint density at radius 3 is 2.61 bits per heavy atom. The Bertz CT molecular complexity index is 965. The van der Waals surface area contributed by atoms with Gasteiger partial charge >= 0.3 is 0 Å². The number of amides is 1. The molecule has 0 bridgehead atoms. The Morgan fingerprint density at radius 1 is 1.14 bits per heavy atom. The molecule has 6 heteroatoms. The molecule has 6 nitrogen and oxygen atoms in total. The lowest BCUT2D eigenvalue weighted by molar-refractivity contribution is 0.0949. The van der Waals surface area contributed by atoms with Crippen molar-refractivity contribution in [3.63, 3.8) is 0 Å². The van der Waals surface area contributed by atoms with Crippen LogP contribution in [0.5, 0.6) is 11.5 Å². The number of nitrogens with one attached hydrogen (secondary N) is 1. The van der Waals surface area contributed by atoms with E-state index in [1.807, 2.05) is 18.2 Å². The van der Waals surface area contributed by atoms with Crippen LogP contribution in [0.1, 0.15) is 36.5 Å². The number of para-hydroxylation sites is 2. The maximum absolute atomic E-state index is 12.6. The third-order valence-electron chi connectivity index (χ3n) is 4.98. The molecule has 3 rings (SSSR count). The summed E-state index contributed by atoms with van der Waals surface area (Å²) in [7, 11) is 3.12. The van der Waals surface area contributed by atoms with E-state index in [2.05, 4.69) is 29.8 Å². The number of methoxy groups -OCH3 is 2. The fraction of sp³-hybridized carbons (Fsp3) is 0.364. The van der Waals surface area contributed by atoms with E-state index < -0.39 is 0 Å². The Labute approximate surface area is 165 Å². The smallest absolute Gasteiger partial charge is 0.251 e. The molecule has 1 amide bonds. The molecule has 0 spiro atoms. The standard InChI is InChI=1S/C22H27N3O3/c1-5-15(2)14-25-18-9-7-6-8-17(18)24-21(25)13-23-22(26)16-10-11-19(27-3)20(12-16)28-4/h6-12,15H,5,13-14H2,1-4H3,(H,23,26). The summed E-state index contributed by atoms with van der Waals surface area (Å²) in [5.41, 5.74) is 2.56. The van der Waals surface area contributed by atoms with E-state index in [1.165, 1.54) is 0 Å². The van der Waals surface area contributed by atoms with Gasteiger partial charge in [-0.3, -0.25) is 4.79 Å². The zero-order chi connectivity index (χ0) is 20.1. The predicted molar refractivity (Wildman–Crippen MR) is 110 cm³/mol. The number of hydrogen-bond donors (Lipinski definition) is 1. The molecular formula is C22H27N3O3. The summed E-state index contributed by atoms with van der Waals surface area (Å²) in [6, 6.07) is 13.2. The maximum atomic E-state index is 12.6. The Kier molecular flexibility index (Phi) is 6.19. The highest BCUT2D eigenvalue weighted by molar-refractivity contribution is 5.94. The minimum Gasteiger partial charge on any atom is -0.493 e. The van der Waals surface area contributed by atoms with Crippen LogP contribution < -0.4 is 14.8 Å². The second kappa shape index (κ2) is 8.78. The average Bonchev–Trinajstić information content (AvgIpc) is 3.08. The first-order valence-corrected chi connectivity index (χ1v) is 9.51. The first kappa shape index (κ1) is 19.7. The number of rotatable bonds is 8. The van der Waals surface area contributed by atoms with Gasteiger partial charge in [-0.2, -0.15) is 0 Å². The SMILES string of the molecule is CCC(C)Cn1c(CNC(=O)c2ccc(OC)c(OC)c2)nc2ccccc21. The van der Waals surface area contributed by atoms with Crippen LogP contribution in [0.2, 0.25) is 0 Å². The van der Waals surface area contributed by atoms with Gasteiger partial charge in [-0.25, -0.2) is 4.98 Å². The number of nitrogens with zero attached hydrogens (tertiary/aromatic N) is 2. The summed E-state index contributed by atoms with van der Waals surface area (Å²) in [6.07, 6.45) is 1.09. The zero-order valence-corrected chi connectivity index (χ0v) is 16.9. The van der Waals surface area contributed by atoms with E-state index in [0.29, 0.717) is 29.5 Å². The Balaban J connectivity index is 1.81. The number of ether oxygens (including phenoxy) is 2. The molecular weight excluding hydrogens is 354 g/mol. The molecule has 1 atom stereocenters. The van der Waals surface area contributed by atoms with Gasteiger partial charge in [0.25, 0.3) is 5.91 Å². The van der Waals surface area contributed by atoms with Crippen molar-refractivity contribution in [2.45, 2.75) is 33.4 Å². The molecule has 2 aromatic carbocycles. The number of carbonyl (C=O) groups excluding carboxylic acids is 1. The molecule has 0 fully saturated rings. The van der Waals surface area contributed by atoms with Gasteiger partial charge in [0.15, 0.2) is 11.5 Å². The zero-order valence-electron chi connectivity index (χ0n) is 16.9. The number of carbonyl (C=O) groups is 1. The first-order valence-electron chi connectivity index (χ1n) is 9.51. The van der Waals surface area contributed by atoms with Crippen LogP contribution in [0.3, 0.4) is 0 Å². The fourth-order valence-corrected chi connectivity index (χ4v) is 3.14. The van der Waals surface area contributed by atoms with Crippen LogP contribution >= 0.6 is 0 Å². The number of aromatic nitrogens is 2. The monoisotopic (exact) mass is 381 g/mol. The molecule has 3 aromatic rings. The fourth-order valence-electron chi connectivity index (χ4n) is 3.14. The molecule has 1 heterocycles. The lowest BCUT2D eigenvalue weighted by Crippen LogP contribution is -2.25. The van der Waals surface area contributed by atoms with E-state index in [4.69, 9.17) is 14.5 Å². The summed E-state index contributed by atoms with van der Waals surface area (Å²) in [6.45, 7) is 5.64. The van der Waals surface area contributed by atoms with Crippen molar-refractivity contribution in [2.24, 2.45) is 5.92 Å². The van der Waals surface area contributed by atoms with Gasteiger partial charge in [-0.15, -0.1) is 0 Å². The Morgan fingerprint density at radius 2 is 1.89 bits per heavy atom. The lowest BCUT2D eigenvalue weighted by atomic mass is 10.1. The number of imidazole rings is 1. The summed E-state index contributed by atoms with van der Waals surface area (Å²) < 4.78 is 12.7. The van der Waals surface area contributed by atoms with Crippen LogP contribution in [0.15, 0.2) is 42.5 Å². The van der Waals surface area contributed by atoms with E-state index in [-0.39, 0.29) is 5.91 Å². The van der Waals surface area contributed by atoms with Crippen molar-refractivity contribution < 1.29 is 14.3 Å². The van der Waals surface area contributed by atoms with E-state index >= 15 is 0 Å². The minimum absolute atomic E-state index is 0.178. The van der Waals surface area contributed by atoms with Gasteiger partial charge in [-0.1, -0.05) is 32.4 Å². The molecule has 0 aliphatic heterocycles. The average molecular weight is 381 g/mol. The van der Waals surface area contributed by atoms with Crippen LogP contribution in [-0.4, -0.2) is 29.7 Å². The molecule has 0 saturated heterocycles. The van der Waals surface area contributed by atoms with Crippen molar-refractivity contribution in [3.8, 4) is 11.5 Å². The summed E-state index contributed by atoms with van der Waals surface area (Å²) in [4.78, 5) is 17.4. The van der Waals surface area contributed by atoms with Crippen molar-refractivity contribution in [2.75, 3.05) is 14.2 Å². The van der Waals surface area contributed by atoms with Gasteiger partial charge in [-0.05, 0) is 36.2 Å². The molecule has 1 unspecified atom stereocenters. The highest BCUT2D eigenvalue weighted by atomic mass is 16.5. The van der Waals surface area contributed by atoms with Crippen molar-refractivity contribution >= 4 is 16.9 Å². The van der Waals surface area contributed by atoms with Crippen molar-refractivity contribution in [1.29, 1.82) is 0 Å². The second-order valence-corrected chi connectivity index (χ2v) is 6.89. The predicted octanol–water partition coefficient (Wildman–Crippen LogP) is 4.03. The summed E-state index contributed by atoms with van der Waals surface area (Å²) in [5, 5.41) is 2.98. The molecule has 0 aliphatic carbocycles. The molecule has 0 saturated carbocycles. The van der Waals surface area contributed by atoms with Gasteiger partial charge in [0.05, 0.1) is 31.8 Å². The van der Waals surface area contributed by atoms with Crippen LogP contribution in [0.25, 0.3) is 11.0 Å². The van der Waals surface area contributed by atoms with E-state index in [1.54, 1.807) is 32.4 Å². The normalized spacial score (nSPS) is 12.0. The van der Waals surface area contributed by atoms with Crippen LogP contribution in [-0.2, 0) is 13.1 Å². The van der Waals surface area contributed by atoms with Crippen molar-refractivity contribution in [1.82, 2.24) is 14.9 Å². The second-order valence-electron chi connectivity index (χ2n) is 6.89. The van der Waals surface area contributed by atoms with Gasteiger partial charge in [0.1, 0.15) is 5.82 Å². The number of benzene rings is 2. The maximum Gasteiger partial charge on any atom is 0.251 e. The van der Waals surface area contributed by atoms with Gasteiger partial charge in [0.2, 0.25) is 0 Å². The van der Waals surface area contributed by atoms with Gasteiger partial charge < -0.3 is 19.4 Å². The first-order chi connectivity index (χ1) is 13.6. The lowest BCUT2D eigenvalue weighted by Gasteiger charge is -2.14. The van der Waals surface area contributed by atoms with Gasteiger partial charge in [0, 0.05) is 12.1 Å². The highest BCUT2D eigenvalue weighted by Gasteiger charge is 2.15. The highest BCUT2D eigenvalue weighted by Crippen LogP contribution is 2.27. The quantitative estimate of drug-likeness (QED) is 0.640. The largest absolute Gasteiger partial charge is 0.493 e. The molecule has 0 aliphatic rings. The molecule has 1 N–H and O–H groups in total. The molecule has 1 aromatic heterocycles. The van der Waals surface area contributed by atoms with E-state index in [9.17, 15) is 4.79 Å².